The Kier molecular flexibility index (Phi) is 3.00. The number of hydrogen-bond acceptors (Lipinski definition) is 4. The number of aromatic nitrogens is 4. The van der Waals surface area contributed by atoms with E-state index in [0.29, 0.717) is 0 Å². The van der Waals surface area contributed by atoms with E-state index in [1.807, 2.05) is 17.7 Å². The zero-order chi connectivity index (χ0) is 14.3. The summed E-state index contributed by atoms with van der Waals surface area (Å²) in [5.41, 5.74) is 10.2. The standard InChI is InChI=1S/C15H21N5/c1-10-8-11(2)13(16)9-12(10)14-17-18-19-20(14)15(3)6-4-5-7-15/h8-9H,4-7,16H2,1-3H3. The van der Waals surface area contributed by atoms with Crippen LogP contribution in [0.2, 0.25) is 0 Å². The molecule has 1 aromatic carbocycles. The van der Waals surface area contributed by atoms with Gasteiger partial charge in [-0.2, -0.15) is 0 Å². The highest BCUT2D eigenvalue weighted by Crippen LogP contribution is 2.38. The van der Waals surface area contributed by atoms with E-state index in [1.165, 1.54) is 12.8 Å². The predicted molar refractivity (Wildman–Crippen MR) is 79.3 cm³/mol. The normalized spacial score (nSPS) is 17.6. The zero-order valence-corrected chi connectivity index (χ0v) is 12.3. The maximum Gasteiger partial charge on any atom is 0.182 e. The Morgan fingerprint density at radius 1 is 1.15 bits per heavy atom. The van der Waals surface area contributed by atoms with Crippen molar-refractivity contribution in [3.05, 3.63) is 23.3 Å². The summed E-state index contributed by atoms with van der Waals surface area (Å²) < 4.78 is 2.00. The summed E-state index contributed by atoms with van der Waals surface area (Å²) >= 11 is 0. The van der Waals surface area contributed by atoms with Crippen molar-refractivity contribution in [3.8, 4) is 11.4 Å². The molecule has 1 heterocycles. The molecule has 0 radical (unpaired) electrons. The monoisotopic (exact) mass is 271 g/mol. The van der Waals surface area contributed by atoms with Crippen molar-refractivity contribution in [3.63, 3.8) is 0 Å². The molecule has 0 saturated heterocycles. The summed E-state index contributed by atoms with van der Waals surface area (Å²) in [4.78, 5) is 0. The van der Waals surface area contributed by atoms with Crippen LogP contribution in [0.25, 0.3) is 11.4 Å². The summed E-state index contributed by atoms with van der Waals surface area (Å²) in [7, 11) is 0. The van der Waals surface area contributed by atoms with Gasteiger partial charge in [-0.3, -0.25) is 0 Å². The fourth-order valence-electron chi connectivity index (χ4n) is 3.18. The number of hydrogen-bond donors (Lipinski definition) is 1. The summed E-state index contributed by atoms with van der Waals surface area (Å²) in [5.74, 6) is 0.832. The lowest BCUT2D eigenvalue weighted by Crippen LogP contribution is -2.28. The summed E-state index contributed by atoms with van der Waals surface area (Å²) in [6, 6.07) is 4.09. The van der Waals surface area contributed by atoms with Gasteiger partial charge in [-0.05, 0) is 61.2 Å². The molecule has 0 aliphatic heterocycles. The van der Waals surface area contributed by atoms with Crippen LogP contribution in [0, 0.1) is 13.8 Å². The number of nitrogens with zero attached hydrogens (tertiary/aromatic N) is 4. The third kappa shape index (κ3) is 1.97. The quantitative estimate of drug-likeness (QED) is 0.853. The lowest BCUT2D eigenvalue weighted by Gasteiger charge is -2.25. The maximum absolute atomic E-state index is 6.05. The van der Waals surface area contributed by atoms with Crippen molar-refractivity contribution in [2.24, 2.45) is 0 Å². The van der Waals surface area contributed by atoms with Gasteiger partial charge in [0.05, 0.1) is 5.54 Å². The van der Waals surface area contributed by atoms with Crippen molar-refractivity contribution < 1.29 is 0 Å². The van der Waals surface area contributed by atoms with Crippen LogP contribution >= 0.6 is 0 Å². The minimum absolute atomic E-state index is 0.0327. The highest BCUT2D eigenvalue weighted by molar-refractivity contribution is 5.67. The molecule has 1 saturated carbocycles. The van der Waals surface area contributed by atoms with E-state index in [1.54, 1.807) is 0 Å². The van der Waals surface area contributed by atoms with Crippen molar-refractivity contribution in [2.45, 2.75) is 52.0 Å². The van der Waals surface area contributed by atoms with Gasteiger partial charge in [0.15, 0.2) is 5.82 Å². The van der Waals surface area contributed by atoms with Crippen LogP contribution in [0.15, 0.2) is 12.1 Å². The second kappa shape index (κ2) is 4.58. The molecule has 0 spiro atoms. The molecular weight excluding hydrogens is 250 g/mol. The Morgan fingerprint density at radius 2 is 1.85 bits per heavy atom. The Labute approximate surface area is 119 Å². The lowest BCUT2D eigenvalue weighted by atomic mass is 9.98. The maximum atomic E-state index is 6.05. The van der Waals surface area contributed by atoms with Gasteiger partial charge in [0.2, 0.25) is 0 Å². The Bertz CT molecular complexity index is 638. The molecule has 1 aromatic heterocycles. The molecule has 0 bridgehead atoms. The first-order chi connectivity index (χ1) is 9.51. The zero-order valence-electron chi connectivity index (χ0n) is 12.3. The fraction of sp³-hybridized carbons (Fsp3) is 0.533. The Balaban J connectivity index is 2.13. The van der Waals surface area contributed by atoms with Gasteiger partial charge < -0.3 is 5.73 Å². The van der Waals surface area contributed by atoms with Crippen LogP contribution in [0.1, 0.15) is 43.7 Å². The Morgan fingerprint density at radius 3 is 2.55 bits per heavy atom. The van der Waals surface area contributed by atoms with E-state index in [4.69, 9.17) is 5.73 Å². The molecule has 2 N–H and O–H groups in total. The average molecular weight is 271 g/mol. The number of rotatable bonds is 2. The van der Waals surface area contributed by atoms with Gasteiger partial charge in [0.1, 0.15) is 0 Å². The van der Waals surface area contributed by atoms with Gasteiger partial charge in [-0.15, -0.1) is 5.10 Å². The lowest BCUT2D eigenvalue weighted by molar-refractivity contribution is 0.292. The molecule has 0 unspecified atom stereocenters. The van der Waals surface area contributed by atoms with Gasteiger partial charge in [0.25, 0.3) is 0 Å². The molecule has 2 aromatic rings. The molecule has 0 atom stereocenters. The van der Waals surface area contributed by atoms with Crippen molar-refractivity contribution >= 4 is 5.69 Å². The molecule has 106 valence electrons. The van der Waals surface area contributed by atoms with E-state index in [-0.39, 0.29) is 5.54 Å². The number of aryl methyl sites for hydroxylation is 2. The minimum atomic E-state index is 0.0327. The first-order valence-electron chi connectivity index (χ1n) is 7.17. The number of tetrazole rings is 1. The van der Waals surface area contributed by atoms with Crippen molar-refractivity contribution in [1.29, 1.82) is 0 Å². The smallest absolute Gasteiger partial charge is 0.182 e. The van der Waals surface area contributed by atoms with E-state index >= 15 is 0 Å². The molecule has 5 heteroatoms. The van der Waals surface area contributed by atoms with E-state index in [0.717, 1.165) is 41.0 Å². The first-order valence-corrected chi connectivity index (χ1v) is 7.17. The van der Waals surface area contributed by atoms with Crippen LogP contribution in [0.5, 0.6) is 0 Å². The minimum Gasteiger partial charge on any atom is -0.398 e. The van der Waals surface area contributed by atoms with Gasteiger partial charge in [-0.1, -0.05) is 18.9 Å². The van der Waals surface area contributed by atoms with Gasteiger partial charge >= 0.3 is 0 Å². The number of nitrogens with two attached hydrogens (primary N) is 1. The second-order valence-electron chi connectivity index (χ2n) is 6.14. The van der Waals surface area contributed by atoms with Crippen LogP contribution in [0.4, 0.5) is 5.69 Å². The van der Waals surface area contributed by atoms with Crippen molar-refractivity contribution in [2.75, 3.05) is 5.73 Å². The number of benzene rings is 1. The van der Waals surface area contributed by atoms with E-state index < -0.39 is 0 Å². The highest BCUT2D eigenvalue weighted by atomic mass is 15.6. The first kappa shape index (κ1) is 13.1. The van der Waals surface area contributed by atoms with Crippen LogP contribution < -0.4 is 5.73 Å². The fourth-order valence-corrected chi connectivity index (χ4v) is 3.18. The highest BCUT2D eigenvalue weighted by Gasteiger charge is 2.34. The molecule has 1 aliphatic carbocycles. The molecule has 1 aliphatic rings. The second-order valence-corrected chi connectivity index (χ2v) is 6.14. The van der Waals surface area contributed by atoms with Crippen LogP contribution in [-0.4, -0.2) is 20.2 Å². The van der Waals surface area contributed by atoms with E-state index in [2.05, 4.69) is 35.4 Å². The summed E-state index contributed by atoms with van der Waals surface area (Å²) in [6.45, 7) is 6.35. The Hall–Kier alpha value is -1.91. The van der Waals surface area contributed by atoms with Crippen LogP contribution in [0.3, 0.4) is 0 Å². The summed E-state index contributed by atoms with van der Waals surface area (Å²) in [5, 5.41) is 12.4. The number of anilines is 1. The average Bonchev–Trinajstić information content (AvgIpc) is 3.03. The molecule has 3 rings (SSSR count). The molecule has 20 heavy (non-hydrogen) atoms. The molecular formula is C15H21N5. The largest absolute Gasteiger partial charge is 0.398 e. The van der Waals surface area contributed by atoms with Gasteiger partial charge in [-0.25, -0.2) is 4.68 Å². The van der Waals surface area contributed by atoms with Crippen molar-refractivity contribution in [1.82, 2.24) is 20.2 Å². The van der Waals surface area contributed by atoms with Gasteiger partial charge in [0, 0.05) is 11.3 Å². The molecule has 0 amide bonds. The van der Waals surface area contributed by atoms with E-state index in [9.17, 15) is 0 Å². The predicted octanol–water partition coefficient (Wildman–Crippen LogP) is 2.83. The molecule has 5 nitrogen and oxygen atoms in total. The number of nitrogen functional groups attached to an aromatic ring is 1. The third-order valence-electron chi connectivity index (χ3n) is 4.52. The SMILES string of the molecule is Cc1cc(C)c(-c2nnnn2C2(C)CCCC2)cc1N. The molecule has 1 fully saturated rings. The third-order valence-corrected chi connectivity index (χ3v) is 4.52. The summed E-state index contributed by atoms with van der Waals surface area (Å²) in [6.07, 6.45) is 4.74. The topological polar surface area (TPSA) is 69.6 Å². The van der Waals surface area contributed by atoms with Crippen LogP contribution in [-0.2, 0) is 5.54 Å².